The van der Waals surface area contributed by atoms with Gasteiger partial charge in [-0.2, -0.15) is 0 Å². The summed E-state index contributed by atoms with van der Waals surface area (Å²) in [5.74, 6) is 1.96. The normalized spacial score (nSPS) is 13.5. The van der Waals surface area contributed by atoms with Crippen LogP contribution in [-0.2, 0) is 12.8 Å². The zero-order chi connectivity index (χ0) is 18.4. The van der Waals surface area contributed by atoms with Gasteiger partial charge in [0.2, 0.25) is 6.79 Å². The fourth-order valence-corrected chi connectivity index (χ4v) is 2.96. The van der Waals surface area contributed by atoms with Crippen LogP contribution < -0.4 is 20.1 Å². The van der Waals surface area contributed by atoms with Gasteiger partial charge in [-0.3, -0.25) is 0 Å². The molecule has 2 amide bonds. The van der Waals surface area contributed by atoms with Crippen LogP contribution in [-0.4, -0.2) is 25.4 Å². The number of urea groups is 1. The number of carbonyl (C=O) groups is 1. The molecule has 1 atom stereocenters. The number of benzene rings is 2. The third-order valence-corrected chi connectivity index (χ3v) is 4.25. The first-order valence-corrected chi connectivity index (χ1v) is 9.07. The highest BCUT2D eigenvalue weighted by atomic mass is 16.7. The van der Waals surface area contributed by atoms with E-state index in [1.54, 1.807) is 0 Å². The average molecular weight is 354 g/mol. The van der Waals surface area contributed by atoms with Crippen LogP contribution in [0.15, 0.2) is 48.5 Å². The SMILES string of the molecule is CC(C)CNC(=O)N[C@H](Cc1ccccc1)Cc1ccc2c(c1)OCO2. The molecule has 2 aromatic carbocycles. The van der Waals surface area contributed by atoms with Crippen LogP contribution >= 0.6 is 0 Å². The largest absolute Gasteiger partial charge is 0.454 e. The molecule has 1 aliphatic rings. The van der Waals surface area contributed by atoms with Gasteiger partial charge in [-0.1, -0.05) is 50.2 Å². The van der Waals surface area contributed by atoms with Crippen LogP contribution in [0, 0.1) is 5.92 Å². The Kier molecular flexibility index (Phi) is 6.00. The molecule has 2 aromatic rings. The van der Waals surface area contributed by atoms with Crippen molar-refractivity contribution in [2.45, 2.75) is 32.7 Å². The smallest absolute Gasteiger partial charge is 0.315 e. The Morgan fingerprint density at radius 2 is 1.73 bits per heavy atom. The molecule has 0 saturated heterocycles. The summed E-state index contributed by atoms with van der Waals surface area (Å²) in [6.07, 6.45) is 1.49. The van der Waals surface area contributed by atoms with Crippen molar-refractivity contribution in [1.29, 1.82) is 0 Å². The van der Waals surface area contributed by atoms with E-state index in [1.165, 1.54) is 5.56 Å². The number of fused-ring (bicyclic) bond motifs is 1. The maximum absolute atomic E-state index is 12.3. The lowest BCUT2D eigenvalue weighted by molar-refractivity contribution is 0.174. The zero-order valence-electron chi connectivity index (χ0n) is 15.3. The molecule has 1 aliphatic heterocycles. The van der Waals surface area contributed by atoms with Crippen LogP contribution in [0.3, 0.4) is 0 Å². The van der Waals surface area contributed by atoms with Gasteiger partial charge >= 0.3 is 6.03 Å². The standard InChI is InChI=1S/C21H26N2O3/c1-15(2)13-22-21(24)23-18(10-16-6-4-3-5-7-16)11-17-8-9-19-20(12-17)26-14-25-19/h3-9,12,15,18H,10-11,13-14H2,1-2H3,(H2,22,23,24)/t18-/m1/s1. The first kappa shape index (κ1) is 18.1. The first-order chi connectivity index (χ1) is 12.6. The lowest BCUT2D eigenvalue weighted by Crippen LogP contribution is -2.45. The highest BCUT2D eigenvalue weighted by molar-refractivity contribution is 5.74. The van der Waals surface area contributed by atoms with Gasteiger partial charge in [-0.05, 0) is 42.0 Å². The molecule has 0 fully saturated rings. The highest BCUT2D eigenvalue weighted by Crippen LogP contribution is 2.32. The number of rotatable bonds is 7. The van der Waals surface area contributed by atoms with Crippen molar-refractivity contribution in [2.75, 3.05) is 13.3 Å². The third-order valence-electron chi connectivity index (χ3n) is 4.25. The second kappa shape index (κ2) is 8.61. The van der Waals surface area contributed by atoms with Crippen LogP contribution in [0.2, 0.25) is 0 Å². The number of nitrogens with one attached hydrogen (secondary N) is 2. The molecule has 3 rings (SSSR count). The molecular formula is C21H26N2O3. The fourth-order valence-electron chi connectivity index (χ4n) is 2.96. The second-order valence-corrected chi connectivity index (χ2v) is 7.03. The van der Waals surface area contributed by atoms with Gasteiger partial charge in [0.15, 0.2) is 11.5 Å². The van der Waals surface area contributed by atoms with E-state index in [0.29, 0.717) is 12.5 Å². The Morgan fingerprint density at radius 1 is 1.00 bits per heavy atom. The minimum atomic E-state index is -0.125. The Hall–Kier alpha value is -2.69. The van der Waals surface area contributed by atoms with E-state index in [1.807, 2.05) is 36.4 Å². The van der Waals surface area contributed by atoms with Crippen molar-refractivity contribution in [2.24, 2.45) is 5.92 Å². The number of ether oxygens (including phenoxy) is 2. The zero-order valence-corrected chi connectivity index (χ0v) is 15.3. The second-order valence-electron chi connectivity index (χ2n) is 7.03. The van der Waals surface area contributed by atoms with Crippen molar-refractivity contribution >= 4 is 6.03 Å². The van der Waals surface area contributed by atoms with E-state index >= 15 is 0 Å². The summed E-state index contributed by atoms with van der Waals surface area (Å²) in [6.45, 7) is 5.08. The molecule has 0 spiro atoms. The summed E-state index contributed by atoms with van der Waals surface area (Å²) in [5.41, 5.74) is 2.31. The van der Waals surface area contributed by atoms with Crippen LogP contribution in [0.25, 0.3) is 0 Å². The van der Waals surface area contributed by atoms with Crippen molar-refractivity contribution in [3.8, 4) is 11.5 Å². The molecule has 0 saturated carbocycles. The summed E-state index contributed by atoms with van der Waals surface area (Å²) in [5, 5.41) is 6.05. The molecule has 0 radical (unpaired) electrons. The lowest BCUT2D eigenvalue weighted by atomic mass is 9.98. The van der Waals surface area contributed by atoms with Crippen molar-refractivity contribution in [3.05, 3.63) is 59.7 Å². The van der Waals surface area contributed by atoms with Gasteiger partial charge in [0.1, 0.15) is 0 Å². The van der Waals surface area contributed by atoms with Gasteiger partial charge < -0.3 is 20.1 Å². The number of hydrogen-bond donors (Lipinski definition) is 2. The predicted molar refractivity (Wildman–Crippen MR) is 102 cm³/mol. The quantitative estimate of drug-likeness (QED) is 0.800. The van der Waals surface area contributed by atoms with Gasteiger partial charge in [-0.25, -0.2) is 4.79 Å². The predicted octanol–water partition coefficient (Wildman–Crippen LogP) is 3.52. The highest BCUT2D eigenvalue weighted by Gasteiger charge is 2.17. The van der Waals surface area contributed by atoms with Crippen molar-refractivity contribution < 1.29 is 14.3 Å². The first-order valence-electron chi connectivity index (χ1n) is 9.07. The van der Waals surface area contributed by atoms with E-state index in [9.17, 15) is 4.79 Å². The van der Waals surface area contributed by atoms with E-state index in [0.717, 1.165) is 29.9 Å². The molecular weight excluding hydrogens is 328 g/mol. The van der Waals surface area contributed by atoms with Crippen LogP contribution in [0.5, 0.6) is 11.5 Å². The lowest BCUT2D eigenvalue weighted by Gasteiger charge is -2.20. The van der Waals surface area contributed by atoms with Gasteiger partial charge in [-0.15, -0.1) is 0 Å². The fraction of sp³-hybridized carbons (Fsp3) is 0.381. The molecule has 2 N–H and O–H groups in total. The van der Waals surface area contributed by atoms with Gasteiger partial charge in [0.25, 0.3) is 0 Å². The summed E-state index contributed by atoms with van der Waals surface area (Å²) in [6, 6.07) is 16.0. The molecule has 0 aliphatic carbocycles. The van der Waals surface area contributed by atoms with Crippen LogP contribution in [0.4, 0.5) is 4.79 Å². The average Bonchev–Trinajstić information content (AvgIpc) is 3.08. The Balaban J connectivity index is 1.68. The Morgan fingerprint density at radius 3 is 2.50 bits per heavy atom. The maximum atomic E-state index is 12.3. The summed E-state index contributed by atoms with van der Waals surface area (Å²) in [7, 11) is 0. The third kappa shape index (κ3) is 5.15. The molecule has 138 valence electrons. The molecule has 0 aromatic heterocycles. The molecule has 26 heavy (non-hydrogen) atoms. The molecule has 1 heterocycles. The molecule has 0 unspecified atom stereocenters. The van der Waals surface area contributed by atoms with E-state index in [2.05, 4.69) is 36.6 Å². The van der Waals surface area contributed by atoms with Gasteiger partial charge in [0.05, 0.1) is 0 Å². The van der Waals surface area contributed by atoms with E-state index in [-0.39, 0.29) is 18.9 Å². The number of hydrogen-bond acceptors (Lipinski definition) is 3. The number of carbonyl (C=O) groups excluding carboxylic acids is 1. The minimum absolute atomic E-state index is 0.00932. The Labute approximate surface area is 154 Å². The summed E-state index contributed by atoms with van der Waals surface area (Å²) < 4.78 is 10.8. The minimum Gasteiger partial charge on any atom is -0.454 e. The van der Waals surface area contributed by atoms with E-state index in [4.69, 9.17) is 9.47 Å². The molecule has 0 bridgehead atoms. The van der Waals surface area contributed by atoms with Crippen molar-refractivity contribution in [3.63, 3.8) is 0 Å². The number of amides is 2. The van der Waals surface area contributed by atoms with Gasteiger partial charge in [0, 0.05) is 12.6 Å². The van der Waals surface area contributed by atoms with E-state index < -0.39 is 0 Å². The summed E-state index contributed by atoms with van der Waals surface area (Å²) >= 11 is 0. The monoisotopic (exact) mass is 354 g/mol. The molecule has 5 nitrogen and oxygen atoms in total. The maximum Gasteiger partial charge on any atom is 0.315 e. The van der Waals surface area contributed by atoms with Crippen molar-refractivity contribution in [1.82, 2.24) is 10.6 Å². The molecule has 5 heteroatoms. The Bertz CT molecular complexity index is 731. The van der Waals surface area contributed by atoms with Crippen LogP contribution in [0.1, 0.15) is 25.0 Å². The summed E-state index contributed by atoms with van der Waals surface area (Å²) in [4.78, 5) is 12.3. The topological polar surface area (TPSA) is 59.6 Å².